The highest BCUT2D eigenvalue weighted by Gasteiger charge is 2.19. The Morgan fingerprint density at radius 3 is 0.722 bits per heavy atom. The van der Waals surface area contributed by atoms with Crippen LogP contribution in [0.5, 0.6) is 0 Å². The third-order valence-electron chi connectivity index (χ3n) is 11.9. The number of nitrogens with zero attached hydrogens (tertiary/aromatic N) is 4. The molecule has 0 spiro atoms. The molecule has 4 heteroatoms. The van der Waals surface area contributed by atoms with Gasteiger partial charge in [0.1, 0.15) is 0 Å². The van der Waals surface area contributed by atoms with Crippen LogP contribution in [-0.2, 0) is 0 Å². The summed E-state index contributed by atoms with van der Waals surface area (Å²) in [7, 11) is 0. The molecule has 270 valence electrons. The normalized spacial score (nSPS) is 17.6. The van der Waals surface area contributed by atoms with Gasteiger partial charge in [-0.3, -0.25) is 0 Å². The molecule has 4 fully saturated rings. The molecule has 4 aliphatic heterocycles. The molecule has 0 bridgehead atoms. The average molecular weight is 707 g/mol. The van der Waals surface area contributed by atoms with Gasteiger partial charge in [-0.25, -0.2) is 0 Å². The molecular formula is C50H50N4. The van der Waals surface area contributed by atoms with Gasteiger partial charge in [0.25, 0.3) is 0 Å². The van der Waals surface area contributed by atoms with Gasteiger partial charge in [0.05, 0.1) is 0 Å². The zero-order valence-corrected chi connectivity index (χ0v) is 31.7. The van der Waals surface area contributed by atoms with Gasteiger partial charge in [-0.1, -0.05) is 48.5 Å². The van der Waals surface area contributed by atoms with Crippen LogP contribution in [-0.4, -0.2) is 72.0 Å². The van der Waals surface area contributed by atoms with Crippen LogP contribution in [0.15, 0.2) is 60.7 Å². The van der Waals surface area contributed by atoms with Crippen molar-refractivity contribution in [2.45, 2.75) is 77.0 Å². The monoisotopic (exact) mass is 706 g/mol. The SMILES string of the molecule is C(#CN1CCCCC1)c1c2ccccc2c(C#CN2CCCCC2)c2cc3c(C#CN4CCCCC4)c4ccccc4c(C#CN4CCCCC4)c3cc12. The van der Waals surface area contributed by atoms with Crippen LogP contribution in [0.25, 0.3) is 43.1 Å². The third-order valence-corrected chi connectivity index (χ3v) is 11.9. The number of hydrogen-bond acceptors (Lipinski definition) is 4. The summed E-state index contributed by atoms with van der Waals surface area (Å²) in [5, 5.41) is 9.29. The largest absolute Gasteiger partial charge is 0.332 e. The number of piperidine rings is 4. The van der Waals surface area contributed by atoms with Gasteiger partial charge in [0, 0.05) is 98.8 Å². The van der Waals surface area contributed by atoms with Gasteiger partial charge in [0.15, 0.2) is 0 Å². The molecule has 5 aromatic carbocycles. The van der Waals surface area contributed by atoms with Crippen LogP contribution in [0.1, 0.15) is 99.3 Å². The molecule has 0 unspecified atom stereocenters. The van der Waals surface area contributed by atoms with Crippen molar-refractivity contribution in [2.24, 2.45) is 0 Å². The molecule has 0 aromatic heterocycles. The zero-order valence-electron chi connectivity index (χ0n) is 31.7. The lowest BCUT2D eigenvalue weighted by molar-refractivity contribution is 0.326. The van der Waals surface area contributed by atoms with Crippen LogP contribution in [0.4, 0.5) is 0 Å². The number of likely N-dealkylation sites (tertiary alicyclic amines) is 4. The Kier molecular flexibility index (Phi) is 10.1. The minimum Gasteiger partial charge on any atom is -0.332 e. The van der Waals surface area contributed by atoms with Crippen molar-refractivity contribution in [3.63, 3.8) is 0 Å². The minimum atomic E-state index is 1.03. The van der Waals surface area contributed by atoms with Gasteiger partial charge < -0.3 is 19.6 Å². The summed E-state index contributed by atoms with van der Waals surface area (Å²) in [6.07, 6.45) is 14.8. The minimum absolute atomic E-state index is 1.03. The molecule has 0 N–H and O–H groups in total. The van der Waals surface area contributed by atoms with Gasteiger partial charge in [-0.05, 0) is 156 Å². The van der Waals surface area contributed by atoms with Gasteiger partial charge >= 0.3 is 0 Å². The smallest absolute Gasteiger partial charge is 0.0421 e. The van der Waals surface area contributed by atoms with Crippen LogP contribution in [0.3, 0.4) is 0 Å². The van der Waals surface area contributed by atoms with Gasteiger partial charge in [0.2, 0.25) is 0 Å². The predicted octanol–water partition coefficient (Wildman–Crippen LogP) is 9.48. The van der Waals surface area contributed by atoms with Crippen molar-refractivity contribution < 1.29 is 0 Å². The van der Waals surface area contributed by atoms with Gasteiger partial charge in [-0.2, -0.15) is 0 Å². The summed E-state index contributed by atoms with van der Waals surface area (Å²) >= 11 is 0. The summed E-state index contributed by atoms with van der Waals surface area (Å²) in [5.41, 5.74) is 4.34. The molecule has 0 amide bonds. The fourth-order valence-corrected chi connectivity index (χ4v) is 8.95. The number of hydrogen-bond donors (Lipinski definition) is 0. The Hall–Kier alpha value is -5.42. The lowest BCUT2D eigenvalue weighted by Crippen LogP contribution is -2.24. The van der Waals surface area contributed by atoms with E-state index in [9.17, 15) is 0 Å². The summed E-state index contributed by atoms with van der Waals surface area (Å²) < 4.78 is 0. The second-order valence-corrected chi connectivity index (χ2v) is 15.7. The van der Waals surface area contributed by atoms with Gasteiger partial charge in [-0.15, -0.1) is 0 Å². The molecule has 0 saturated carbocycles. The summed E-state index contributed by atoms with van der Waals surface area (Å²) in [4.78, 5) is 9.30. The Morgan fingerprint density at radius 1 is 0.278 bits per heavy atom. The maximum Gasteiger partial charge on any atom is 0.0421 e. The zero-order chi connectivity index (χ0) is 36.1. The van der Waals surface area contributed by atoms with Crippen molar-refractivity contribution >= 4 is 43.1 Å². The highest BCUT2D eigenvalue weighted by Crippen LogP contribution is 2.40. The number of fused-ring (bicyclic) bond motifs is 4. The second-order valence-electron chi connectivity index (χ2n) is 15.7. The Morgan fingerprint density at radius 2 is 0.500 bits per heavy atom. The second kappa shape index (κ2) is 15.9. The van der Waals surface area contributed by atoms with Crippen molar-refractivity contribution in [3.8, 4) is 47.9 Å². The Labute approximate surface area is 321 Å². The Balaban J connectivity index is 1.37. The summed E-state index contributed by atoms with van der Waals surface area (Å²) in [6.45, 7) is 8.27. The first kappa shape index (κ1) is 34.4. The first-order valence-corrected chi connectivity index (χ1v) is 20.7. The molecule has 4 aliphatic rings. The lowest BCUT2D eigenvalue weighted by atomic mass is 9.86. The quantitative estimate of drug-likeness (QED) is 0.118. The van der Waals surface area contributed by atoms with Crippen LogP contribution in [0, 0.1) is 47.9 Å². The molecule has 5 aromatic rings. The highest BCUT2D eigenvalue weighted by atomic mass is 15.1. The first-order valence-electron chi connectivity index (χ1n) is 20.7. The maximum absolute atomic E-state index is 3.76. The van der Waals surface area contributed by atoms with Crippen molar-refractivity contribution in [1.82, 2.24) is 19.6 Å². The highest BCUT2D eigenvalue weighted by molar-refractivity contribution is 6.18. The molecule has 9 rings (SSSR count). The standard InChI is InChI=1S/C50H50N4/c1-9-25-51(26-10-1)33-21-43-39-17-5-6-18-40(39)44(22-34-52-27-11-2-12-28-52)48-38-50-46(24-36-54-31-15-4-16-32-54)42-20-8-7-19-41(42)45(49(50)37-47(43)48)23-35-53-29-13-3-14-30-53/h5-8,17-20,37-38H,1-4,9-16,25-32H2. The third kappa shape index (κ3) is 7.12. The summed E-state index contributed by atoms with van der Waals surface area (Å²) in [5.74, 6) is 15.0. The van der Waals surface area contributed by atoms with Crippen LogP contribution in [0.2, 0.25) is 0 Å². The van der Waals surface area contributed by atoms with E-state index in [1.54, 1.807) is 0 Å². The molecule has 4 nitrogen and oxygen atoms in total. The lowest BCUT2D eigenvalue weighted by Gasteiger charge is -2.23. The van der Waals surface area contributed by atoms with E-state index >= 15 is 0 Å². The van der Waals surface area contributed by atoms with E-state index < -0.39 is 0 Å². The number of benzene rings is 5. The van der Waals surface area contributed by atoms with E-state index in [1.165, 1.54) is 98.6 Å². The predicted molar refractivity (Wildman–Crippen MR) is 226 cm³/mol. The fraction of sp³-hybridized carbons (Fsp3) is 0.400. The molecule has 4 heterocycles. The topological polar surface area (TPSA) is 13.0 Å². The molecule has 0 atom stereocenters. The molecule has 4 saturated heterocycles. The number of rotatable bonds is 0. The first-order chi connectivity index (χ1) is 26.8. The van der Waals surface area contributed by atoms with E-state index in [-0.39, 0.29) is 0 Å². The van der Waals surface area contributed by atoms with Crippen molar-refractivity contribution in [2.75, 3.05) is 52.4 Å². The van der Waals surface area contributed by atoms with Crippen molar-refractivity contribution in [3.05, 3.63) is 82.9 Å². The Bertz CT molecular complexity index is 2110. The average Bonchev–Trinajstić information content (AvgIpc) is 3.24. The van der Waals surface area contributed by atoms with E-state index in [2.05, 4.69) is 128 Å². The van der Waals surface area contributed by atoms with Crippen molar-refractivity contribution in [1.29, 1.82) is 0 Å². The van der Waals surface area contributed by atoms with Crippen LogP contribution >= 0.6 is 0 Å². The molecule has 0 aliphatic carbocycles. The molecular weight excluding hydrogens is 657 g/mol. The van der Waals surface area contributed by atoms with E-state index in [0.717, 1.165) is 96.2 Å². The molecule has 0 radical (unpaired) electrons. The van der Waals surface area contributed by atoms with Crippen LogP contribution < -0.4 is 0 Å². The van der Waals surface area contributed by atoms with E-state index in [0.29, 0.717) is 0 Å². The van der Waals surface area contributed by atoms with E-state index in [1.807, 2.05) is 0 Å². The summed E-state index contributed by atoms with van der Waals surface area (Å²) in [6, 6.07) is 36.9. The maximum atomic E-state index is 3.76. The molecule has 54 heavy (non-hydrogen) atoms. The van der Waals surface area contributed by atoms with E-state index in [4.69, 9.17) is 0 Å². The fourth-order valence-electron chi connectivity index (χ4n) is 8.95.